The minimum Gasteiger partial charge on any atom is -0.494 e. The van der Waals surface area contributed by atoms with Crippen LogP contribution < -0.4 is 15.6 Å². The summed E-state index contributed by atoms with van der Waals surface area (Å²) in [5.74, 6) is 1.69. The number of aromatic amines is 1. The van der Waals surface area contributed by atoms with Gasteiger partial charge in [0.15, 0.2) is 0 Å². The van der Waals surface area contributed by atoms with Crippen LogP contribution in [0.4, 0.5) is 0 Å². The van der Waals surface area contributed by atoms with Crippen molar-refractivity contribution in [1.29, 1.82) is 0 Å². The number of piperidine rings is 1. The Balaban J connectivity index is 1.53. The Morgan fingerprint density at radius 3 is 3.00 bits per heavy atom. The van der Waals surface area contributed by atoms with Gasteiger partial charge in [-0.05, 0) is 74.9 Å². The lowest BCUT2D eigenvalue weighted by molar-refractivity contribution is 0.275. The van der Waals surface area contributed by atoms with E-state index in [1.807, 2.05) is 25.1 Å². The Kier molecular flexibility index (Phi) is 5.64. The molecule has 5 heteroatoms. The average Bonchev–Trinajstić information content (AvgIpc) is 2.60. The molecule has 1 atom stereocenters. The summed E-state index contributed by atoms with van der Waals surface area (Å²) in [4.78, 5) is 11.4. The zero-order valence-corrected chi connectivity index (χ0v) is 14.2. The minimum absolute atomic E-state index is 0.190. The fraction of sp³-hybridized carbons (Fsp3) is 0.474. The third-order valence-electron chi connectivity index (χ3n) is 4.60. The monoisotopic (exact) mass is 327 g/mol. The van der Waals surface area contributed by atoms with Crippen LogP contribution in [0.15, 0.2) is 35.3 Å². The van der Waals surface area contributed by atoms with Gasteiger partial charge < -0.3 is 10.1 Å². The van der Waals surface area contributed by atoms with Gasteiger partial charge in [0.2, 0.25) is 0 Å². The van der Waals surface area contributed by atoms with Gasteiger partial charge in [0, 0.05) is 11.6 Å². The largest absolute Gasteiger partial charge is 0.494 e. The zero-order valence-electron chi connectivity index (χ0n) is 14.2. The first-order chi connectivity index (χ1) is 11.7. The second-order valence-electron chi connectivity index (χ2n) is 6.51. The lowest BCUT2D eigenvalue weighted by Crippen LogP contribution is -2.29. The molecular weight excluding hydrogens is 302 g/mol. The second kappa shape index (κ2) is 8.11. The Morgan fingerprint density at radius 1 is 1.33 bits per heavy atom. The first-order valence-electron chi connectivity index (χ1n) is 8.71. The summed E-state index contributed by atoms with van der Waals surface area (Å²) in [6.45, 7) is 5.10. The predicted molar refractivity (Wildman–Crippen MR) is 95.4 cm³/mol. The summed E-state index contributed by atoms with van der Waals surface area (Å²) < 4.78 is 5.89. The number of nitrogens with one attached hydrogen (secondary N) is 2. The highest BCUT2D eigenvalue weighted by Crippen LogP contribution is 2.26. The Hall–Kier alpha value is -2.14. The third kappa shape index (κ3) is 4.45. The van der Waals surface area contributed by atoms with Crippen LogP contribution in [-0.4, -0.2) is 29.9 Å². The van der Waals surface area contributed by atoms with Crippen molar-refractivity contribution in [1.82, 2.24) is 15.5 Å². The first-order valence-corrected chi connectivity index (χ1v) is 8.71. The number of aromatic nitrogens is 2. The second-order valence-corrected chi connectivity index (χ2v) is 6.51. The number of ether oxygens (including phenoxy) is 1. The number of rotatable bonds is 6. The zero-order chi connectivity index (χ0) is 16.8. The van der Waals surface area contributed by atoms with E-state index in [-0.39, 0.29) is 5.56 Å². The molecule has 1 unspecified atom stereocenters. The van der Waals surface area contributed by atoms with Gasteiger partial charge in [-0.15, -0.1) is 0 Å². The molecule has 0 spiro atoms. The van der Waals surface area contributed by atoms with E-state index in [9.17, 15) is 4.79 Å². The van der Waals surface area contributed by atoms with Crippen LogP contribution in [-0.2, 0) is 0 Å². The molecular formula is C19H25N3O2. The number of nitrogens with zero attached hydrogens (tertiary/aromatic N) is 1. The van der Waals surface area contributed by atoms with Gasteiger partial charge in [0.25, 0.3) is 5.56 Å². The first kappa shape index (κ1) is 16.7. The molecule has 1 aromatic heterocycles. The molecule has 2 N–H and O–H groups in total. The van der Waals surface area contributed by atoms with Crippen molar-refractivity contribution in [2.45, 2.75) is 32.6 Å². The average molecular weight is 327 g/mol. The molecule has 128 valence electrons. The molecule has 1 fully saturated rings. The van der Waals surface area contributed by atoms with Crippen molar-refractivity contribution < 1.29 is 4.74 Å². The molecule has 0 amide bonds. The number of hydrogen-bond donors (Lipinski definition) is 2. The molecule has 1 aromatic carbocycles. The van der Waals surface area contributed by atoms with E-state index in [4.69, 9.17) is 4.74 Å². The van der Waals surface area contributed by atoms with Gasteiger partial charge in [0.1, 0.15) is 5.75 Å². The minimum atomic E-state index is -0.190. The molecule has 0 bridgehead atoms. The number of hydrogen-bond acceptors (Lipinski definition) is 4. The maximum Gasteiger partial charge on any atom is 0.264 e. The fourth-order valence-corrected chi connectivity index (χ4v) is 3.31. The van der Waals surface area contributed by atoms with E-state index in [2.05, 4.69) is 15.5 Å². The summed E-state index contributed by atoms with van der Waals surface area (Å²) in [5, 5.41) is 9.71. The van der Waals surface area contributed by atoms with Crippen LogP contribution in [0.1, 0.15) is 31.2 Å². The van der Waals surface area contributed by atoms with E-state index in [0.29, 0.717) is 0 Å². The molecule has 1 aliphatic heterocycles. The SMILES string of the molecule is Cc1cc(OCCCC2CCCNC2)ccc1-c1cn[nH]c(=O)c1. The van der Waals surface area contributed by atoms with E-state index in [1.165, 1.54) is 25.8 Å². The summed E-state index contributed by atoms with van der Waals surface area (Å²) in [5.41, 5.74) is 2.72. The predicted octanol–water partition coefficient (Wildman–Crippen LogP) is 2.90. The van der Waals surface area contributed by atoms with Crippen molar-refractivity contribution in [2.75, 3.05) is 19.7 Å². The van der Waals surface area contributed by atoms with Gasteiger partial charge in [-0.1, -0.05) is 6.07 Å². The summed E-state index contributed by atoms with van der Waals surface area (Å²) in [7, 11) is 0. The molecule has 24 heavy (non-hydrogen) atoms. The molecule has 2 aromatic rings. The quantitative estimate of drug-likeness (QED) is 0.801. The maximum atomic E-state index is 11.4. The van der Waals surface area contributed by atoms with Crippen molar-refractivity contribution in [3.63, 3.8) is 0 Å². The molecule has 5 nitrogen and oxygen atoms in total. The fourth-order valence-electron chi connectivity index (χ4n) is 3.31. The molecule has 0 aliphatic carbocycles. The van der Waals surface area contributed by atoms with E-state index in [1.54, 1.807) is 12.3 Å². The Bertz CT molecular complexity index is 721. The maximum absolute atomic E-state index is 11.4. The smallest absolute Gasteiger partial charge is 0.264 e. The molecule has 0 radical (unpaired) electrons. The highest BCUT2D eigenvalue weighted by atomic mass is 16.5. The highest BCUT2D eigenvalue weighted by Gasteiger charge is 2.12. The molecule has 1 aliphatic rings. The molecule has 2 heterocycles. The third-order valence-corrected chi connectivity index (χ3v) is 4.60. The van der Waals surface area contributed by atoms with Gasteiger partial charge in [-0.25, -0.2) is 5.10 Å². The van der Waals surface area contributed by atoms with Crippen LogP contribution in [0, 0.1) is 12.8 Å². The summed E-state index contributed by atoms with van der Waals surface area (Å²) in [6, 6.07) is 7.55. The summed E-state index contributed by atoms with van der Waals surface area (Å²) in [6.07, 6.45) is 6.62. The van der Waals surface area contributed by atoms with E-state index < -0.39 is 0 Å². The standard InChI is InChI=1S/C19H25N3O2/c1-14-10-17(24-9-3-5-15-4-2-8-20-12-15)6-7-18(14)16-11-19(23)22-21-13-16/h6-7,10-11,13,15,20H,2-5,8-9,12H2,1H3,(H,22,23). The van der Waals surface area contributed by atoms with Crippen molar-refractivity contribution in [2.24, 2.45) is 5.92 Å². The molecule has 3 rings (SSSR count). The van der Waals surface area contributed by atoms with Gasteiger partial charge in [-0.2, -0.15) is 5.10 Å². The molecule has 0 saturated carbocycles. The van der Waals surface area contributed by atoms with Gasteiger partial charge >= 0.3 is 0 Å². The topological polar surface area (TPSA) is 67.0 Å². The number of aryl methyl sites for hydroxylation is 1. The van der Waals surface area contributed by atoms with Crippen molar-refractivity contribution >= 4 is 0 Å². The van der Waals surface area contributed by atoms with Crippen molar-refractivity contribution in [3.8, 4) is 16.9 Å². The Morgan fingerprint density at radius 2 is 2.25 bits per heavy atom. The number of H-pyrrole nitrogens is 1. The van der Waals surface area contributed by atoms with Crippen molar-refractivity contribution in [3.05, 3.63) is 46.4 Å². The normalized spacial score (nSPS) is 17.6. The van der Waals surface area contributed by atoms with Crippen LogP contribution in [0.5, 0.6) is 5.75 Å². The van der Waals surface area contributed by atoms with Gasteiger partial charge in [-0.3, -0.25) is 4.79 Å². The molecule has 1 saturated heterocycles. The highest BCUT2D eigenvalue weighted by molar-refractivity contribution is 5.66. The summed E-state index contributed by atoms with van der Waals surface area (Å²) >= 11 is 0. The number of benzene rings is 1. The van der Waals surface area contributed by atoms with E-state index in [0.717, 1.165) is 47.9 Å². The lowest BCUT2D eigenvalue weighted by atomic mass is 9.95. The van der Waals surface area contributed by atoms with Crippen LogP contribution in [0.25, 0.3) is 11.1 Å². The van der Waals surface area contributed by atoms with E-state index >= 15 is 0 Å². The van der Waals surface area contributed by atoms with Crippen LogP contribution in [0.2, 0.25) is 0 Å². The Labute approximate surface area is 142 Å². The van der Waals surface area contributed by atoms with Crippen LogP contribution in [0.3, 0.4) is 0 Å². The van der Waals surface area contributed by atoms with Crippen LogP contribution >= 0.6 is 0 Å². The lowest BCUT2D eigenvalue weighted by Gasteiger charge is -2.22. The van der Waals surface area contributed by atoms with Gasteiger partial charge in [0.05, 0.1) is 12.8 Å².